The number of unbranched alkanes of at least 4 members (excludes halogenated alkanes) is 1. The summed E-state index contributed by atoms with van der Waals surface area (Å²) in [4.78, 5) is 11.2. The number of aliphatic hydroxyl groups excluding tert-OH is 3. The van der Waals surface area contributed by atoms with Crippen LogP contribution in [-0.4, -0.2) is 53.2 Å². The van der Waals surface area contributed by atoms with E-state index in [0.717, 1.165) is 12.8 Å². The monoisotopic (exact) mass is 403 g/mol. The van der Waals surface area contributed by atoms with Gasteiger partial charge in [-0.15, -0.1) is 0 Å². The number of hydrogen-bond donors (Lipinski definition) is 4. The molecular weight excluding hydrogens is 370 g/mol. The van der Waals surface area contributed by atoms with Gasteiger partial charge in [-0.3, -0.25) is 4.79 Å². The van der Waals surface area contributed by atoms with Gasteiger partial charge in [0, 0.05) is 25.8 Å². The van der Waals surface area contributed by atoms with Gasteiger partial charge in [0.2, 0.25) is 5.91 Å². The molecule has 6 heteroatoms. The summed E-state index contributed by atoms with van der Waals surface area (Å²) >= 11 is 0. The van der Waals surface area contributed by atoms with Gasteiger partial charge >= 0.3 is 0 Å². The Bertz CT molecular complexity index is 660. The van der Waals surface area contributed by atoms with Crippen molar-refractivity contribution in [2.45, 2.75) is 50.4 Å². The molecule has 6 nitrogen and oxygen atoms in total. The molecule has 1 aromatic carbocycles. The number of nitrogens with one attached hydrogen (secondary N) is 1. The summed E-state index contributed by atoms with van der Waals surface area (Å²) in [5.41, 5.74) is 0. The number of carbonyl (C=O) groups excluding carboxylic acids is 1. The van der Waals surface area contributed by atoms with Gasteiger partial charge < -0.3 is 25.4 Å². The van der Waals surface area contributed by atoms with Crippen LogP contribution in [0, 0.1) is 11.8 Å². The van der Waals surface area contributed by atoms with Crippen LogP contribution in [-0.2, 0) is 4.79 Å². The maximum atomic E-state index is 11.2. The largest absolute Gasteiger partial charge is 0.491 e. The molecule has 0 unspecified atom stereocenters. The second-order valence-electron chi connectivity index (χ2n) is 7.46. The maximum Gasteiger partial charge on any atom is 0.219 e. The van der Waals surface area contributed by atoms with Crippen molar-refractivity contribution in [1.29, 1.82) is 0 Å². The Morgan fingerprint density at radius 1 is 1.24 bits per heavy atom. The van der Waals surface area contributed by atoms with Crippen molar-refractivity contribution in [3.63, 3.8) is 0 Å². The molecule has 1 aliphatic rings. The zero-order valence-corrected chi connectivity index (χ0v) is 17.0. The number of hydrogen-bond acceptors (Lipinski definition) is 5. The fourth-order valence-corrected chi connectivity index (χ4v) is 3.59. The lowest BCUT2D eigenvalue weighted by Crippen LogP contribution is -2.21. The van der Waals surface area contributed by atoms with Crippen LogP contribution >= 0.6 is 0 Å². The second kappa shape index (κ2) is 12.4. The zero-order chi connectivity index (χ0) is 21.1. The van der Waals surface area contributed by atoms with Crippen molar-refractivity contribution in [2.75, 3.05) is 13.7 Å². The average Bonchev–Trinajstić information content (AvgIpc) is 3.00. The molecule has 5 atom stereocenters. The van der Waals surface area contributed by atoms with Gasteiger partial charge in [-0.25, -0.2) is 0 Å². The first-order valence-corrected chi connectivity index (χ1v) is 10.3. The topological polar surface area (TPSA) is 99.0 Å². The van der Waals surface area contributed by atoms with E-state index in [2.05, 4.69) is 5.32 Å². The van der Waals surface area contributed by atoms with Crippen LogP contribution in [0.3, 0.4) is 0 Å². The SMILES string of the molecule is CNC(=O)CCC/C=C\C[C@@H]1[C@@H](/C=C/[C@@H](O)COc2ccccc2)[C@H](O)C[C@@H]1O. The Morgan fingerprint density at radius 3 is 2.72 bits per heavy atom. The Morgan fingerprint density at radius 2 is 2.00 bits per heavy atom. The third kappa shape index (κ3) is 8.01. The predicted octanol–water partition coefficient (Wildman–Crippen LogP) is 2.20. The van der Waals surface area contributed by atoms with Crippen LogP contribution in [0.1, 0.15) is 32.1 Å². The summed E-state index contributed by atoms with van der Waals surface area (Å²) in [5.74, 6) is 0.411. The summed E-state index contributed by atoms with van der Waals surface area (Å²) in [6.45, 7) is 0.127. The van der Waals surface area contributed by atoms with Gasteiger partial charge in [-0.1, -0.05) is 42.5 Å². The summed E-state index contributed by atoms with van der Waals surface area (Å²) in [6, 6.07) is 9.27. The maximum absolute atomic E-state index is 11.2. The van der Waals surface area contributed by atoms with E-state index >= 15 is 0 Å². The van der Waals surface area contributed by atoms with Crippen LogP contribution in [0.15, 0.2) is 54.6 Å². The highest BCUT2D eigenvalue weighted by atomic mass is 16.5. The summed E-state index contributed by atoms with van der Waals surface area (Å²) in [7, 11) is 1.63. The van der Waals surface area contributed by atoms with Crippen molar-refractivity contribution < 1.29 is 24.9 Å². The summed E-state index contributed by atoms with van der Waals surface area (Å²) in [6.07, 6.45) is 8.51. The molecule has 0 heterocycles. The molecule has 0 spiro atoms. The van der Waals surface area contributed by atoms with Gasteiger partial charge in [-0.2, -0.15) is 0 Å². The Hall–Kier alpha value is -2.15. The predicted molar refractivity (Wildman–Crippen MR) is 112 cm³/mol. The van der Waals surface area contributed by atoms with Gasteiger partial charge in [0.15, 0.2) is 0 Å². The molecule has 0 bridgehead atoms. The highest BCUT2D eigenvalue weighted by Crippen LogP contribution is 2.36. The summed E-state index contributed by atoms with van der Waals surface area (Å²) < 4.78 is 5.53. The first-order valence-electron chi connectivity index (χ1n) is 10.3. The van der Waals surface area contributed by atoms with Crippen LogP contribution < -0.4 is 10.1 Å². The molecular formula is C23H33NO5. The molecule has 29 heavy (non-hydrogen) atoms. The smallest absolute Gasteiger partial charge is 0.219 e. The van der Waals surface area contributed by atoms with E-state index in [-0.39, 0.29) is 24.3 Å². The third-order valence-corrected chi connectivity index (χ3v) is 5.26. The van der Waals surface area contributed by atoms with Crippen molar-refractivity contribution >= 4 is 5.91 Å². The molecule has 2 rings (SSSR count). The minimum Gasteiger partial charge on any atom is -0.491 e. The zero-order valence-electron chi connectivity index (χ0n) is 17.0. The van der Waals surface area contributed by atoms with Crippen molar-refractivity contribution in [3.8, 4) is 5.75 Å². The fraction of sp³-hybridized carbons (Fsp3) is 0.522. The van der Waals surface area contributed by atoms with E-state index in [1.165, 1.54) is 0 Å². The number of carbonyl (C=O) groups is 1. The van der Waals surface area contributed by atoms with Gasteiger partial charge in [-0.05, 0) is 37.3 Å². The lowest BCUT2D eigenvalue weighted by Gasteiger charge is -2.19. The first-order chi connectivity index (χ1) is 14.0. The number of ether oxygens (including phenoxy) is 1. The van der Waals surface area contributed by atoms with E-state index in [1.807, 2.05) is 42.5 Å². The van der Waals surface area contributed by atoms with E-state index < -0.39 is 18.3 Å². The minimum absolute atomic E-state index is 0.0349. The van der Waals surface area contributed by atoms with Gasteiger partial charge in [0.05, 0.1) is 12.2 Å². The quantitative estimate of drug-likeness (QED) is 0.335. The van der Waals surface area contributed by atoms with Gasteiger partial charge in [0.25, 0.3) is 0 Å². The Labute approximate surface area is 172 Å². The van der Waals surface area contributed by atoms with Crippen LogP contribution in [0.5, 0.6) is 5.75 Å². The number of benzene rings is 1. The Kier molecular flexibility index (Phi) is 9.91. The highest BCUT2D eigenvalue weighted by Gasteiger charge is 2.39. The molecule has 1 amide bonds. The van der Waals surface area contributed by atoms with Crippen LogP contribution in [0.25, 0.3) is 0 Å². The number of rotatable bonds is 11. The van der Waals surface area contributed by atoms with Crippen LogP contribution in [0.4, 0.5) is 0 Å². The van der Waals surface area contributed by atoms with E-state index in [0.29, 0.717) is 25.0 Å². The van der Waals surface area contributed by atoms with E-state index in [4.69, 9.17) is 4.74 Å². The molecule has 1 aromatic rings. The normalized spacial score (nSPS) is 25.5. The minimum atomic E-state index is -0.791. The van der Waals surface area contributed by atoms with Crippen LogP contribution in [0.2, 0.25) is 0 Å². The molecule has 160 valence electrons. The number of amides is 1. The lowest BCUT2D eigenvalue weighted by atomic mass is 9.89. The number of para-hydroxylation sites is 1. The standard InChI is InChI=1S/C23H33NO5/c1-24-23(28)12-8-3-2-7-11-19-20(22(27)15-21(19)26)14-13-17(25)16-29-18-9-5-4-6-10-18/h2,4-7,9-10,13-14,17,19-22,25-27H,3,8,11-12,15-16H2,1H3,(H,24,28)/b7-2-,14-13+/t17-,19-,20-,21+,22-/m1/s1. The molecule has 0 radical (unpaired) electrons. The van der Waals surface area contributed by atoms with Crippen molar-refractivity contribution in [1.82, 2.24) is 5.32 Å². The summed E-state index contributed by atoms with van der Waals surface area (Å²) in [5, 5.41) is 33.3. The molecule has 4 N–H and O–H groups in total. The molecule has 0 saturated heterocycles. The molecule has 0 aliphatic heterocycles. The third-order valence-electron chi connectivity index (χ3n) is 5.26. The van der Waals surface area contributed by atoms with Crippen molar-refractivity contribution in [2.24, 2.45) is 11.8 Å². The molecule has 0 aromatic heterocycles. The molecule has 1 aliphatic carbocycles. The number of aliphatic hydroxyl groups is 3. The molecule has 1 fully saturated rings. The van der Waals surface area contributed by atoms with E-state index in [9.17, 15) is 20.1 Å². The second-order valence-corrected chi connectivity index (χ2v) is 7.46. The highest BCUT2D eigenvalue weighted by molar-refractivity contribution is 5.75. The number of allylic oxidation sites excluding steroid dienone is 2. The first kappa shape index (κ1) is 23.1. The molecule has 1 saturated carbocycles. The fourth-order valence-electron chi connectivity index (χ4n) is 3.59. The average molecular weight is 404 g/mol. The lowest BCUT2D eigenvalue weighted by molar-refractivity contribution is -0.120. The van der Waals surface area contributed by atoms with Gasteiger partial charge in [0.1, 0.15) is 18.5 Å². The Balaban J connectivity index is 1.80. The van der Waals surface area contributed by atoms with Crippen molar-refractivity contribution in [3.05, 3.63) is 54.6 Å². The van der Waals surface area contributed by atoms with E-state index in [1.54, 1.807) is 19.2 Å².